The molecule has 0 heteroatoms. The quantitative estimate of drug-likeness (QED) is 0.621. The van der Waals surface area contributed by atoms with Gasteiger partial charge in [-0.25, -0.2) is 0 Å². The van der Waals surface area contributed by atoms with Crippen LogP contribution < -0.4 is 0 Å². The van der Waals surface area contributed by atoms with E-state index in [0.29, 0.717) is 5.92 Å². The van der Waals surface area contributed by atoms with E-state index in [0.717, 1.165) is 0 Å². The Morgan fingerprint density at radius 1 is 1.13 bits per heavy atom. The molecule has 1 unspecified atom stereocenters. The lowest BCUT2D eigenvalue weighted by Crippen LogP contribution is -2.03. The molecule has 1 aliphatic carbocycles. The summed E-state index contributed by atoms with van der Waals surface area (Å²) in [6.07, 6.45) is 2.06. The van der Waals surface area contributed by atoms with Gasteiger partial charge < -0.3 is 0 Å². The maximum absolute atomic E-state index is 3.92. The van der Waals surface area contributed by atoms with Gasteiger partial charge in [-0.15, -0.1) is 6.58 Å². The summed E-state index contributed by atoms with van der Waals surface area (Å²) in [7, 11) is 0. The molecule has 1 aromatic rings. The number of hydrogen-bond acceptors (Lipinski definition) is 0. The van der Waals surface area contributed by atoms with Gasteiger partial charge in [0.15, 0.2) is 0 Å². The van der Waals surface area contributed by atoms with Crippen molar-refractivity contribution in [2.24, 2.45) is 11.3 Å². The van der Waals surface area contributed by atoms with Gasteiger partial charge in [-0.3, -0.25) is 0 Å². The fourth-order valence-corrected chi connectivity index (χ4v) is 2.30. The molecular weight excluding hydrogens is 180 g/mol. The van der Waals surface area contributed by atoms with Gasteiger partial charge in [0, 0.05) is 5.92 Å². The van der Waals surface area contributed by atoms with Crippen LogP contribution in [-0.4, -0.2) is 0 Å². The van der Waals surface area contributed by atoms with E-state index in [4.69, 9.17) is 0 Å². The van der Waals surface area contributed by atoms with Crippen LogP contribution in [0.5, 0.6) is 0 Å². The molecule has 0 heterocycles. The zero-order chi connectivity index (χ0) is 11.1. The molecule has 0 saturated heterocycles. The van der Waals surface area contributed by atoms with Crippen molar-refractivity contribution in [3.8, 4) is 0 Å². The van der Waals surface area contributed by atoms with E-state index in [9.17, 15) is 0 Å². The third-order valence-corrected chi connectivity index (χ3v) is 2.96. The molecule has 0 radical (unpaired) electrons. The Hall–Kier alpha value is -1.30. The van der Waals surface area contributed by atoms with Gasteiger partial charge in [0.2, 0.25) is 0 Å². The second-order valence-electron chi connectivity index (χ2n) is 5.16. The van der Waals surface area contributed by atoms with Gasteiger partial charge in [0.25, 0.3) is 0 Å². The number of hydrogen-bond donors (Lipinski definition) is 0. The van der Waals surface area contributed by atoms with Crippen LogP contribution in [0.4, 0.5) is 0 Å². The highest BCUT2D eigenvalue weighted by molar-refractivity contribution is 5.88. The van der Waals surface area contributed by atoms with E-state index in [2.05, 4.69) is 63.8 Å². The zero-order valence-electron chi connectivity index (χ0n) is 9.75. The SMILES string of the molecule is C=CC1C(c2ccccc2)=C1C(C)(C)C. The van der Waals surface area contributed by atoms with E-state index < -0.39 is 0 Å². The van der Waals surface area contributed by atoms with E-state index >= 15 is 0 Å². The Morgan fingerprint density at radius 3 is 2.13 bits per heavy atom. The third kappa shape index (κ3) is 1.77. The monoisotopic (exact) mass is 198 g/mol. The second kappa shape index (κ2) is 3.37. The summed E-state index contributed by atoms with van der Waals surface area (Å²) >= 11 is 0. The van der Waals surface area contributed by atoms with Crippen LogP contribution in [-0.2, 0) is 0 Å². The van der Waals surface area contributed by atoms with Crippen LogP contribution in [0.25, 0.3) is 5.57 Å². The van der Waals surface area contributed by atoms with Gasteiger partial charge >= 0.3 is 0 Å². The van der Waals surface area contributed by atoms with Crippen LogP contribution >= 0.6 is 0 Å². The van der Waals surface area contributed by atoms with E-state index in [1.54, 1.807) is 5.57 Å². The highest BCUT2D eigenvalue weighted by Gasteiger charge is 2.41. The molecule has 1 aromatic carbocycles. The minimum Gasteiger partial charge on any atom is -0.102 e. The van der Waals surface area contributed by atoms with Crippen molar-refractivity contribution in [3.05, 3.63) is 54.1 Å². The number of allylic oxidation sites excluding steroid dienone is 3. The average molecular weight is 198 g/mol. The molecule has 0 bridgehead atoms. The minimum absolute atomic E-state index is 0.268. The van der Waals surface area contributed by atoms with E-state index in [-0.39, 0.29) is 5.41 Å². The van der Waals surface area contributed by atoms with Crippen molar-refractivity contribution in [2.45, 2.75) is 20.8 Å². The van der Waals surface area contributed by atoms with Crippen molar-refractivity contribution in [2.75, 3.05) is 0 Å². The standard InChI is InChI=1S/C15H18/c1-5-12-13(14(12)15(2,3)4)11-9-7-6-8-10-11/h5-10,12H,1H2,2-4H3. The molecule has 0 aliphatic heterocycles. The Bertz CT molecular complexity index is 401. The summed E-state index contributed by atoms with van der Waals surface area (Å²) < 4.78 is 0. The molecule has 2 rings (SSSR count). The smallest absolute Gasteiger partial charge is 0.0243 e. The van der Waals surface area contributed by atoms with Crippen molar-refractivity contribution in [1.29, 1.82) is 0 Å². The largest absolute Gasteiger partial charge is 0.102 e. The summed E-state index contributed by atoms with van der Waals surface area (Å²) in [5.74, 6) is 0.507. The first-order valence-electron chi connectivity index (χ1n) is 5.48. The predicted octanol–water partition coefficient (Wildman–Crippen LogP) is 4.30. The zero-order valence-corrected chi connectivity index (χ0v) is 9.75. The Balaban J connectivity index is 2.38. The minimum atomic E-state index is 0.268. The normalized spacial score (nSPS) is 20.3. The summed E-state index contributed by atoms with van der Waals surface area (Å²) in [6.45, 7) is 10.7. The lowest BCUT2D eigenvalue weighted by atomic mass is 9.91. The Kier molecular flexibility index (Phi) is 2.30. The average Bonchev–Trinajstić information content (AvgIpc) is 2.92. The van der Waals surface area contributed by atoms with Crippen molar-refractivity contribution in [1.82, 2.24) is 0 Å². The van der Waals surface area contributed by atoms with Gasteiger partial charge in [-0.1, -0.05) is 57.2 Å². The lowest BCUT2D eigenvalue weighted by Gasteiger charge is -2.14. The first kappa shape index (κ1) is 10.2. The van der Waals surface area contributed by atoms with Gasteiger partial charge in [-0.05, 0) is 22.1 Å². The molecule has 15 heavy (non-hydrogen) atoms. The first-order valence-corrected chi connectivity index (χ1v) is 5.48. The third-order valence-electron chi connectivity index (χ3n) is 2.96. The first-order chi connectivity index (χ1) is 7.05. The summed E-state index contributed by atoms with van der Waals surface area (Å²) in [5, 5.41) is 0. The highest BCUT2D eigenvalue weighted by Crippen LogP contribution is 2.55. The highest BCUT2D eigenvalue weighted by atomic mass is 14.4. The van der Waals surface area contributed by atoms with Gasteiger partial charge in [-0.2, -0.15) is 0 Å². The topological polar surface area (TPSA) is 0 Å². The van der Waals surface area contributed by atoms with Crippen LogP contribution in [0.2, 0.25) is 0 Å². The fraction of sp³-hybridized carbons (Fsp3) is 0.333. The molecule has 0 amide bonds. The van der Waals surface area contributed by atoms with Crippen LogP contribution in [0, 0.1) is 11.3 Å². The fourth-order valence-electron chi connectivity index (χ4n) is 2.30. The molecule has 78 valence electrons. The van der Waals surface area contributed by atoms with Crippen LogP contribution in [0.1, 0.15) is 26.3 Å². The molecule has 0 N–H and O–H groups in total. The summed E-state index contributed by atoms with van der Waals surface area (Å²) in [4.78, 5) is 0. The van der Waals surface area contributed by atoms with E-state index in [1.165, 1.54) is 11.1 Å². The summed E-state index contributed by atoms with van der Waals surface area (Å²) in [5.41, 5.74) is 4.65. The van der Waals surface area contributed by atoms with Gasteiger partial charge in [0.05, 0.1) is 0 Å². The van der Waals surface area contributed by atoms with Crippen LogP contribution in [0.3, 0.4) is 0 Å². The van der Waals surface area contributed by atoms with Crippen molar-refractivity contribution < 1.29 is 0 Å². The number of rotatable bonds is 2. The molecular formula is C15H18. The Morgan fingerprint density at radius 2 is 1.73 bits per heavy atom. The maximum Gasteiger partial charge on any atom is 0.0243 e. The second-order valence-corrected chi connectivity index (χ2v) is 5.16. The molecule has 0 fully saturated rings. The molecule has 0 aromatic heterocycles. The van der Waals surface area contributed by atoms with Gasteiger partial charge in [0.1, 0.15) is 0 Å². The predicted molar refractivity (Wildman–Crippen MR) is 66.5 cm³/mol. The maximum atomic E-state index is 3.92. The Labute approximate surface area is 92.3 Å². The molecule has 0 saturated carbocycles. The lowest BCUT2D eigenvalue weighted by molar-refractivity contribution is 0.509. The van der Waals surface area contributed by atoms with Crippen molar-refractivity contribution in [3.63, 3.8) is 0 Å². The molecule has 1 aliphatic rings. The molecule has 1 atom stereocenters. The van der Waals surface area contributed by atoms with Crippen LogP contribution in [0.15, 0.2) is 48.6 Å². The molecule has 0 nitrogen and oxygen atoms in total. The number of benzene rings is 1. The van der Waals surface area contributed by atoms with Crippen molar-refractivity contribution >= 4 is 5.57 Å². The molecule has 0 spiro atoms. The summed E-state index contributed by atoms with van der Waals surface area (Å²) in [6, 6.07) is 10.6. The van der Waals surface area contributed by atoms with E-state index in [1.807, 2.05) is 0 Å².